The molecule has 1 unspecified atom stereocenters. The topological polar surface area (TPSA) is 53.1 Å². The van der Waals surface area contributed by atoms with Crippen LogP contribution < -0.4 is 4.74 Å². The van der Waals surface area contributed by atoms with E-state index in [-0.39, 0.29) is 11.8 Å². The number of ether oxygens (including phenoxy) is 1. The van der Waals surface area contributed by atoms with Gasteiger partial charge in [0.15, 0.2) is 0 Å². The van der Waals surface area contributed by atoms with Gasteiger partial charge in [0.1, 0.15) is 5.75 Å². The van der Waals surface area contributed by atoms with Crippen LogP contribution in [0.25, 0.3) is 0 Å². The second-order valence-electron chi connectivity index (χ2n) is 7.20. The number of benzene rings is 1. The highest BCUT2D eigenvalue weighted by molar-refractivity contribution is 5.97. The van der Waals surface area contributed by atoms with E-state index in [0.717, 1.165) is 32.5 Å². The summed E-state index contributed by atoms with van der Waals surface area (Å²) < 4.78 is 5.30. The highest BCUT2D eigenvalue weighted by Gasteiger charge is 2.28. The Morgan fingerprint density at radius 1 is 1.08 bits per heavy atom. The van der Waals surface area contributed by atoms with Gasteiger partial charge in [-0.25, -0.2) is 0 Å². The molecule has 0 spiro atoms. The van der Waals surface area contributed by atoms with Gasteiger partial charge in [-0.1, -0.05) is 12.1 Å². The SMILES string of the molecule is COc1ccccc1C(=O)N1CCN(CC(=O)N2CCCCC2C)CC1. The standard InChI is InChI=1S/C20H29N3O3/c1-16-7-5-6-10-23(16)19(24)15-21-11-13-22(14-12-21)20(25)17-8-3-4-9-18(17)26-2/h3-4,8-9,16H,5-7,10-15H2,1-2H3. The summed E-state index contributed by atoms with van der Waals surface area (Å²) in [5.41, 5.74) is 0.599. The first kappa shape index (κ1) is 18.7. The maximum atomic E-state index is 12.8. The number of likely N-dealkylation sites (tertiary alicyclic amines) is 1. The first-order valence-electron chi connectivity index (χ1n) is 9.54. The molecule has 26 heavy (non-hydrogen) atoms. The number of rotatable bonds is 4. The Morgan fingerprint density at radius 3 is 2.50 bits per heavy atom. The smallest absolute Gasteiger partial charge is 0.257 e. The van der Waals surface area contributed by atoms with Crippen molar-refractivity contribution in [3.05, 3.63) is 29.8 Å². The van der Waals surface area contributed by atoms with E-state index in [1.807, 2.05) is 28.0 Å². The van der Waals surface area contributed by atoms with Gasteiger partial charge in [-0.3, -0.25) is 14.5 Å². The lowest BCUT2D eigenvalue weighted by atomic mass is 10.0. The molecule has 1 aromatic rings. The van der Waals surface area contributed by atoms with Gasteiger partial charge in [0.05, 0.1) is 19.2 Å². The fourth-order valence-electron chi connectivity index (χ4n) is 3.85. The van der Waals surface area contributed by atoms with Gasteiger partial charge in [0.2, 0.25) is 5.91 Å². The predicted octanol–water partition coefficient (Wildman–Crippen LogP) is 1.85. The van der Waals surface area contributed by atoms with E-state index in [2.05, 4.69) is 11.8 Å². The minimum atomic E-state index is -0.00178. The van der Waals surface area contributed by atoms with Crippen molar-refractivity contribution < 1.29 is 14.3 Å². The minimum Gasteiger partial charge on any atom is -0.496 e. The fraction of sp³-hybridized carbons (Fsp3) is 0.600. The van der Waals surface area contributed by atoms with Gasteiger partial charge < -0.3 is 14.5 Å². The molecule has 2 heterocycles. The maximum absolute atomic E-state index is 12.8. The molecule has 0 N–H and O–H groups in total. The second kappa shape index (κ2) is 8.54. The van der Waals surface area contributed by atoms with E-state index in [9.17, 15) is 9.59 Å². The summed E-state index contributed by atoms with van der Waals surface area (Å²) in [5.74, 6) is 0.828. The molecular formula is C20H29N3O3. The van der Waals surface area contributed by atoms with Crippen molar-refractivity contribution in [3.63, 3.8) is 0 Å². The average molecular weight is 359 g/mol. The van der Waals surface area contributed by atoms with Crippen molar-refractivity contribution in [3.8, 4) is 5.75 Å². The lowest BCUT2D eigenvalue weighted by molar-refractivity contribution is -0.136. The van der Waals surface area contributed by atoms with Gasteiger partial charge in [-0.2, -0.15) is 0 Å². The number of para-hydroxylation sites is 1. The molecule has 2 fully saturated rings. The Morgan fingerprint density at radius 2 is 1.81 bits per heavy atom. The van der Waals surface area contributed by atoms with Crippen LogP contribution in [-0.2, 0) is 4.79 Å². The lowest BCUT2D eigenvalue weighted by Crippen LogP contribution is -2.53. The number of nitrogens with zero attached hydrogens (tertiary/aromatic N) is 3. The van der Waals surface area contributed by atoms with Crippen molar-refractivity contribution in [2.24, 2.45) is 0 Å². The summed E-state index contributed by atoms with van der Waals surface area (Å²) in [7, 11) is 1.58. The molecule has 2 aliphatic heterocycles. The molecule has 1 atom stereocenters. The number of carbonyl (C=O) groups is 2. The molecule has 0 radical (unpaired) electrons. The zero-order chi connectivity index (χ0) is 18.5. The molecule has 0 bridgehead atoms. The maximum Gasteiger partial charge on any atom is 0.257 e. The lowest BCUT2D eigenvalue weighted by Gasteiger charge is -2.38. The van der Waals surface area contributed by atoms with E-state index in [1.165, 1.54) is 6.42 Å². The number of piperazine rings is 1. The zero-order valence-corrected chi connectivity index (χ0v) is 15.8. The van der Waals surface area contributed by atoms with Crippen LogP contribution >= 0.6 is 0 Å². The minimum absolute atomic E-state index is 0.00178. The highest BCUT2D eigenvalue weighted by atomic mass is 16.5. The quantitative estimate of drug-likeness (QED) is 0.823. The van der Waals surface area contributed by atoms with Gasteiger partial charge in [0.25, 0.3) is 5.91 Å². The van der Waals surface area contributed by atoms with Gasteiger partial charge >= 0.3 is 0 Å². The largest absolute Gasteiger partial charge is 0.496 e. The monoisotopic (exact) mass is 359 g/mol. The zero-order valence-electron chi connectivity index (χ0n) is 15.8. The predicted molar refractivity (Wildman–Crippen MR) is 100 cm³/mol. The van der Waals surface area contributed by atoms with Crippen LogP contribution in [0.15, 0.2) is 24.3 Å². The summed E-state index contributed by atoms with van der Waals surface area (Å²) in [5, 5.41) is 0. The molecule has 2 aliphatic rings. The third-order valence-corrected chi connectivity index (χ3v) is 5.48. The fourth-order valence-corrected chi connectivity index (χ4v) is 3.85. The van der Waals surface area contributed by atoms with E-state index >= 15 is 0 Å². The number of amides is 2. The first-order chi connectivity index (χ1) is 12.6. The molecule has 2 amide bonds. The summed E-state index contributed by atoms with van der Waals surface area (Å²) in [4.78, 5) is 31.4. The van der Waals surface area contributed by atoms with Crippen LogP contribution in [-0.4, -0.2) is 78.9 Å². The summed E-state index contributed by atoms with van der Waals surface area (Å²) >= 11 is 0. The summed E-state index contributed by atoms with van der Waals surface area (Å²) in [6, 6.07) is 7.67. The Hall–Kier alpha value is -2.08. The van der Waals surface area contributed by atoms with Crippen molar-refractivity contribution in [2.45, 2.75) is 32.2 Å². The molecule has 0 aliphatic carbocycles. The van der Waals surface area contributed by atoms with E-state index in [1.54, 1.807) is 13.2 Å². The molecule has 6 heteroatoms. The first-order valence-corrected chi connectivity index (χ1v) is 9.54. The highest BCUT2D eigenvalue weighted by Crippen LogP contribution is 2.20. The molecule has 3 rings (SSSR count). The van der Waals surface area contributed by atoms with Crippen molar-refractivity contribution in [1.29, 1.82) is 0 Å². The molecule has 0 aromatic heterocycles. The second-order valence-corrected chi connectivity index (χ2v) is 7.20. The number of hydrogen-bond donors (Lipinski definition) is 0. The summed E-state index contributed by atoms with van der Waals surface area (Å²) in [6.45, 7) is 6.22. The van der Waals surface area contributed by atoms with Crippen LogP contribution in [0.3, 0.4) is 0 Å². The van der Waals surface area contributed by atoms with Crippen molar-refractivity contribution in [1.82, 2.24) is 14.7 Å². The average Bonchev–Trinajstić information content (AvgIpc) is 2.68. The van der Waals surface area contributed by atoms with Crippen LogP contribution in [0.5, 0.6) is 5.75 Å². The van der Waals surface area contributed by atoms with Crippen molar-refractivity contribution in [2.75, 3.05) is 46.4 Å². The third-order valence-electron chi connectivity index (χ3n) is 5.48. The van der Waals surface area contributed by atoms with Crippen LogP contribution in [0, 0.1) is 0 Å². The van der Waals surface area contributed by atoms with Gasteiger partial charge in [-0.05, 0) is 38.3 Å². The van der Waals surface area contributed by atoms with Crippen molar-refractivity contribution >= 4 is 11.8 Å². The molecule has 1 aromatic carbocycles. The third kappa shape index (κ3) is 4.18. The number of piperidine rings is 1. The summed E-state index contributed by atoms with van der Waals surface area (Å²) in [6.07, 6.45) is 3.43. The van der Waals surface area contributed by atoms with Crippen LogP contribution in [0.2, 0.25) is 0 Å². The molecule has 2 saturated heterocycles. The van der Waals surface area contributed by atoms with E-state index < -0.39 is 0 Å². The molecular weight excluding hydrogens is 330 g/mol. The van der Waals surface area contributed by atoms with Crippen LogP contribution in [0.1, 0.15) is 36.5 Å². The van der Waals surface area contributed by atoms with Crippen LogP contribution in [0.4, 0.5) is 0 Å². The number of hydrogen-bond acceptors (Lipinski definition) is 4. The molecule has 142 valence electrons. The number of carbonyl (C=O) groups excluding carboxylic acids is 2. The Balaban J connectivity index is 1.52. The molecule has 6 nitrogen and oxygen atoms in total. The normalized spacial score (nSPS) is 21.5. The van der Waals surface area contributed by atoms with E-state index in [4.69, 9.17) is 4.74 Å². The van der Waals surface area contributed by atoms with E-state index in [0.29, 0.717) is 37.0 Å². The van der Waals surface area contributed by atoms with Gasteiger partial charge in [-0.15, -0.1) is 0 Å². The number of methoxy groups -OCH3 is 1. The Bertz CT molecular complexity index is 641. The van der Waals surface area contributed by atoms with Gasteiger partial charge in [0, 0.05) is 38.8 Å². The molecule has 0 saturated carbocycles. The Labute approximate surface area is 155 Å². The Kier molecular flexibility index (Phi) is 6.14.